The lowest BCUT2D eigenvalue weighted by atomic mass is 10.1. The van der Waals surface area contributed by atoms with Crippen molar-refractivity contribution in [1.82, 2.24) is 5.32 Å². The van der Waals surface area contributed by atoms with E-state index in [0.29, 0.717) is 5.56 Å². The van der Waals surface area contributed by atoms with E-state index in [4.69, 9.17) is 6.42 Å². The highest BCUT2D eigenvalue weighted by Gasteiger charge is 2.23. The summed E-state index contributed by atoms with van der Waals surface area (Å²) in [6.07, 6.45) is 4.19. The van der Waals surface area contributed by atoms with Crippen LogP contribution in [0.3, 0.4) is 0 Å². The van der Waals surface area contributed by atoms with Crippen LogP contribution in [-0.2, 0) is 14.3 Å². The summed E-state index contributed by atoms with van der Waals surface area (Å²) in [7, 11) is 1.24. The molecule has 94 valence electrons. The molecule has 0 aliphatic carbocycles. The number of carbonyl (C=O) groups excluding carboxylic acids is 2. The molecule has 5 heteroatoms. The van der Waals surface area contributed by atoms with Crippen molar-refractivity contribution in [2.75, 3.05) is 13.7 Å². The Morgan fingerprint density at radius 1 is 1.39 bits per heavy atom. The summed E-state index contributed by atoms with van der Waals surface area (Å²) in [4.78, 5) is 23.0. The number of alkyl carbamates (subject to hydrolysis) is 1. The Labute approximate surface area is 105 Å². The Kier molecular flexibility index (Phi) is 5.26. The van der Waals surface area contributed by atoms with Crippen molar-refractivity contribution in [2.45, 2.75) is 6.04 Å². The van der Waals surface area contributed by atoms with Crippen molar-refractivity contribution in [1.29, 1.82) is 0 Å². The van der Waals surface area contributed by atoms with Gasteiger partial charge in [0.1, 0.15) is 0 Å². The second-order valence-electron chi connectivity index (χ2n) is 3.29. The van der Waals surface area contributed by atoms with Crippen LogP contribution in [0.25, 0.3) is 0 Å². The van der Waals surface area contributed by atoms with Crippen LogP contribution in [0.15, 0.2) is 30.3 Å². The fourth-order valence-electron chi connectivity index (χ4n) is 1.31. The van der Waals surface area contributed by atoms with Gasteiger partial charge in [-0.15, -0.1) is 6.42 Å². The first kappa shape index (κ1) is 13.6. The quantitative estimate of drug-likeness (QED) is 0.642. The third kappa shape index (κ3) is 3.83. The summed E-state index contributed by atoms with van der Waals surface area (Å²) in [5, 5.41) is 2.39. The third-order valence-corrected chi connectivity index (χ3v) is 2.12. The fourth-order valence-corrected chi connectivity index (χ4v) is 1.31. The van der Waals surface area contributed by atoms with Crippen molar-refractivity contribution in [3.63, 3.8) is 0 Å². The Morgan fingerprint density at radius 2 is 2.06 bits per heavy atom. The lowest BCUT2D eigenvalue weighted by Crippen LogP contribution is -2.35. The number of methoxy groups -OCH3 is 1. The summed E-state index contributed by atoms with van der Waals surface area (Å²) >= 11 is 0. The van der Waals surface area contributed by atoms with Gasteiger partial charge in [0, 0.05) is 0 Å². The SMILES string of the molecule is C#CCOC(=O)N[C@@H](C(=O)OC)c1ccccc1. The Hall–Kier alpha value is -2.48. The second-order valence-corrected chi connectivity index (χ2v) is 3.29. The zero-order chi connectivity index (χ0) is 13.4. The summed E-state index contributed by atoms with van der Waals surface area (Å²) in [5.74, 6) is 1.57. The molecule has 0 fully saturated rings. The zero-order valence-corrected chi connectivity index (χ0v) is 9.88. The number of hydrogen-bond donors (Lipinski definition) is 1. The smallest absolute Gasteiger partial charge is 0.409 e. The largest absolute Gasteiger partial charge is 0.467 e. The zero-order valence-electron chi connectivity index (χ0n) is 9.88. The minimum Gasteiger partial charge on any atom is -0.467 e. The number of benzene rings is 1. The number of amides is 1. The maximum Gasteiger partial charge on any atom is 0.409 e. The second kappa shape index (κ2) is 6.97. The maximum atomic E-state index is 11.6. The van der Waals surface area contributed by atoms with Crippen molar-refractivity contribution >= 4 is 12.1 Å². The molecule has 0 saturated heterocycles. The first-order valence-electron chi connectivity index (χ1n) is 5.18. The van der Waals surface area contributed by atoms with Crippen molar-refractivity contribution in [3.8, 4) is 12.3 Å². The minimum atomic E-state index is -0.915. The first-order chi connectivity index (χ1) is 8.69. The van der Waals surface area contributed by atoms with Crippen LogP contribution < -0.4 is 5.32 Å². The molecule has 0 bridgehead atoms. The molecule has 1 aromatic carbocycles. The average molecular weight is 247 g/mol. The van der Waals surface area contributed by atoms with Gasteiger partial charge in [0.05, 0.1) is 7.11 Å². The lowest BCUT2D eigenvalue weighted by Gasteiger charge is -2.16. The Bertz CT molecular complexity index is 450. The number of carbonyl (C=O) groups is 2. The van der Waals surface area contributed by atoms with E-state index in [1.54, 1.807) is 30.3 Å². The number of ether oxygens (including phenoxy) is 2. The number of esters is 1. The van der Waals surface area contributed by atoms with Crippen molar-refractivity contribution in [2.24, 2.45) is 0 Å². The molecule has 0 aromatic heterocycles. The maximum absolute atomic E-state index is 11.6. The number of hydrogen-bond acceptors (Lipinski definition) is 4. The van der Waals surface area contributed by atoms with Crippen LogP contribution in [0.4, 0.5) is 4.79 Å². The summed E-state index contributed by atoms with van der Waals surface area (Å²) in [5.41, 5.74) is 0.599. The van der Waals surface area contributed by atoms with Crippen LogP contribution in [-0.4, -0.2) is 25.8 Å². The van der Waals surface area contributed by atoms with Crippen molar-refractivity contribution in [3.05, 3.63) is 35.9 Å². The molecule has 0 aliphatic rings. The molecular formula is C13H13NO4. The van der Waals surface area contributed by atoms with E-state index in [-0.39, 0.29) is 6.61 Å². The summed E-state index contributed by atoms with van der Waals surface area (Å²) in [6.45, 7) is -0.158. The van der Waals surface area contributed by atoms with E-state index in [9.17, 15) is 9.59 Å². The normalized spacial score (nSPS) is 10.9. The fraction of sp³-hybridized carbons (Fsp3) is 0.231. The Morgan fingerprint density at radius 3 is 2.61 bits per heavy atom. The average Bonchev–Trinajstić information content (AvgIpc) is 2.42. The van der Waals surface area contributed by atoms with Gasteiger partial charge in [-0.3, -0.25) is 0 Å². The molecule has 0 spiro atoms. The third-order valence-electron chi connectivity index (χ3n) is 2.12. The van der Waals surface area contributed by atoms with Gasteiger partial charge in [0.15, 0.2) is 12.6 Å². The number of nitrogens with one attached hydrogen (secondary N) is 1. The molecule has 1 atom stereocenters. The van der Waals surface area contributed by atoms with Gasteiger partial charge in [0.25, 0.3) is 0 Å². The van der Waals surface area contributed by atoms with Gasteiger partial charge >= 0.3 is 12.1 Å². The predicted molar refractivity (Wildman–Crippen MR) is 64.5 cm³/mol. The first-order valence-corrected chi connectivity index (χ1v) is 5.18. The van der Waals surface area contributed by atoms with Gasteiger partial charge in [-0.05, 0) is 5.56 Å². The van der Waals surface area contributed by atoms with Gasteiger partial charge in [0.2, 0.25) is 0 Å². The molecule has 1 amide bonds. The van der Waals surface area contributed by atoms with E-state index in [1.165, 1.54) is 7.11 Å². The van der Waals surface area contributed by atoms with E-state index in [0.717, 1.165) is 0 Å². The molecule has 0 unspecified atom stereocenters. The number of rotatable bonds is 4. The summed E-state index contributed by atoms with van der Waals surface area (Å²) in [6, 6.07) is 7.78. The topological polar surface area (TPSA) is 64.6 Å². The van der Waals surface area contributed by atoms with E-state index >= 15 is 0 Å². The Balaban J connectivity index is 2.78. The molecule has 18 heavy (non-hydrogen) atoms. The standard InChI is InChI=1S/C13H13NO4/c1-3-9-18-13(16)14-11(12(15)17-2)10-7-5-4-6-8-10/h1,4-8,11H,9H2,2H3,(H,14,16)/t11-/m1/s1. The molecule has 0 heterocycles. The van der Waals surface area contributed by atoms with Crippen molar-refractivity contribution < 1.29 is 19.1 Å². The van der Waals surface area contributed by atoms with Crippen LogP contribution in [0, 0.1) is 12.3 Å². The highest BCUT2D eigenvalue weighted by molar-refractivity contribution is 5.82. The monoisotopic (exact) mass is 247 g/mol. The van der Waals surface area contributed by atoms with E-state index in [1.807, 2.05) is 0 Å². The highest BCUT2D eigenvalue weighted by Crippen LogP contribution is 2.14. The summed E-state index contributed by atoms with van der Waals surface area (Å²) < 4.78 is 9.27. The lowest BCUT2D eigenvalue weighted by molar-refractivity contribution is -0.143. The predicted octanol–water partition coefficient (Wildman–Crippen LogP) is 1.26. The van der Waals surface area contributed by atoms with E-state index < -0.39 is 18.1 Å². The van der Waals surface area contributed by atoms with Gasteiger partial charge in [-0.2, -0.15) is 0 Å². The van der Waals surface area contributed by atoms with Crippen LogP contribution in [0.2, 0.25) is 0 Å². The molecule has 0 aliphatic heterocycles. The van der Waals surface area contributed by atoms with Crippen LogP contribution in [0.5, 0.6) is 0 Å². The molecule has 0 radical (unpaired) electrons. The number of terminal acetylenes is 1. The molecular weight excluding hydrogens is 234 g/mol. The molecule has 5 nitrogen and oxygen atoms in total. The molecule has 1 rings (SSSR count). The molecule has 1 aromatic rings. The van der Waals surface area contributed by atoms with Gasteiger partial charge in [-0.1, -0.05) is 36.3 Å². The van der Waals surface area contributed by atoms with Crippen LogP contribution in [0.1, 0.15) is 11.6 Å². The van der Waals surface area contributed by atoms with E-state index in [2.05, 4.69) is 20.7 Å². The molecule has 1 N–H and O–H groups in total. The highest BCUT2D eigenvalue weighted by atomic mass is 16.6. The minimum absolute atomic E-state index is 0.158. The van der Waals surface area contributed by atoms with Gasteiger partial charge in [-0.25, -0.2) is 9.59 Å². The van der Waals surface area contributed by atoms with Gasteiger partial charge < -0.3 is 14.8 Å². The van der Waals surface area contributed by atoms with Crippen LogP contribution >= 0.6 is 0 Å². The molecule has 0 saturated carbocycles.